The Kier molecular flexibility index (Phi) is 3.82. The van der Waals surface area contributed by atoms with Crippen molar-refractivity contribution in [1.29, 1.82) is 0 Å². The molecule has 1 aliphatic heterocycles. The Morgan fingerprint density at radius 1 is 1.32 bits per heavy atom. The Balaban J connectivity index is 1.71. The number of ether oxygens (including phenoxy) is 2. The van der Waals surface area contributed by atoms with Gasteiger partial charge in [-0.3, -0.25) is 0 Å². The topological polar surface area (TPSA) is 57.6 Å². The van der Waals surface area contributed by atoms with Crippen molar-refractivity contribution >= 4 is 11.0 Å². The average Bonchev–Trinajstić information content (AvgIpc) is 3.06. The zero-order valence-electron chi connectivity index (χ0n) is 10.9. The lowest BCUT2D eigenvalue weighted by Crippen LogP contribution is -2.14. The highest BCUT2D eigenvalue weighted by Crippen LogP contribution is 2.26. The predicted molar refractivity (Wildman–Crippen MR) is 72.7 cm³/mol. The van der Waals surface area contributed by atoms with E-state index in [0.29, 0.717) is 19.8 Å². The quantitative estimate of drug-likeness (QED) is 0.898. The van der Waals surface area contributed by atoms with Crippen molar-refractivity contribution in [3.05, 3.63) is 35.6 Å². The molecule has 0 spiro atoms. The van der Waals surface area contributed by atoms with Crippen molar-refractivity contribution in [2.75, 3.05) is 13.2 Å². The monoisotopic (exact) mass is 261 g/mol. The first-order valence-corrected chi connectivity index (χ1v) is 6.77. The standard InChI is InChI=1S/C15H19NO3/c16-8-15-13(10-17-9-11-4-3-7-18-11)12-5-1-2-6-14(12)19-15/h1-2,5-6,11H,3-4,7-10,16H2. The van der Waals surface area contributed by atoms with E-state index in [4.69, 9.17) is 19.6 Å². The van der Waals surface area contributed by atoms with E-state index in [-0.39, 0.29) is 6.10 Å². The van der Waals surface area contributed by atoms with E-state index in [9.17, 15) is 0 Å². The molecule has 4 nitrogen and oxygen atoms in total. The Bertz CT molecular complexity index is 543. The fourth-order valence-corrected chi connectivity index (χ4v) is 2.54. The molecule has 1 atom stereocenters. The number of nitrogens with two attached hydrogens (primary N) is 1. The molecule has 0 bridgehead atoms. The minimum atomic E-state index is 0.250. The second kappa shape index (κ2) is 5.74. The number of furan rings is 1. The van der Waals surface area contributed by atoms with Gasteiger partial charge in [-0.1, -0.05) is 18.2 Å². The number of hydrogen-bond acceptors (Lipinski definition) is 4. The summed E-state index contributed by atoms with van der Waals surface area (Å²) >= 11 is 0. The highest BCUT2D eigenvalue weighted by molar-refractivity contribution is 5.82. The van der Waals surface area contributed by atoms with Gasteiger partial charge in [0.15, 0.2) is 0 Å². The molecule has 1 saturated heterocycles. The first kappa shape index (κ1) is 12.7. The molecule has 2 heterocycles. The van der Waals surface area contributed by atoms with Crippen LogP contribution < -0.4 is 5.73 Å². The first-order chi connectivity index (χ1) is 9.38. The average molecular weight is 261 g/mol. The summed E-state index contributed by atoms with van der Waals surface area (Å²) in [6, 6.07) is 7.96. The zero-order chi connectivity index (χ0) is 13.1. The van der Waals surface area contributed by atoms with Crippen LogP contribution in [0.25, 0.3) is 11.0 Å². The van der Waals surface area contributed by atoms with E-state index >= 15 is 0 Å². The molecule has 0 aliphatic carbocycles. The van der Waals surface area contributed by atoms with Crippen LogP contribution >= 0.6 is 0 Å². The molecule has 102 valence electrons. The van der Waals surface area contributed by atoms with Gasteiger partial charge in [0.05, 0.1) is 25.9 Å². The van der Waals surface area contributed by atoms with Gasteiger partial charge in [0.2, 0.25) is 0 Å². The molecule has 1 aromatic carbocycles. The van der Waals surface area contributed by atoms with Crippen molar-refractivity contribution in [2.24, 2.45) is 5.73 Å². The highest BCUT2D eigenvalue weighted by Gasteiger charge is 2.17. The molecule has 0 radical (unpaired) electrons. The fraction of sp³-hybridized carbons (Fsp3) is 0.467. The third kappa shape index (κ3) is 2.66. The molecule has 1 aromatic heterocycles. The Morgan fingerprint density at radius 3 is 3.00 bits per heavy atom. The van der Waals surface area contributed by atoms with Crippen LogP contribution in [0.15, 0.2) is 28.7 Å². The summed E-state index contributed by atoms with van der Waals surface area (Å²) in [5, 5.41) is 1.09. The second-order valence-electron chi connectivity index (χ2n) is 4.85. The van der Waals surface area contributed by atoms with Gasteiger partial charge >= 0.3 is 0 Å². The largest absolute Gasteiger partial charge is 0.459 e. The normalized spacial score (nSPS) is 19.3. The number of benzene rings is 1. The lowest BCUT2D eigenvalue weighted by molar-refractivity contribution is 0.0105. The minimum Gasteiger partial charge on any atom is -0.459 e. The molecule has 2 N–H and O–H groups in total. The maximum absolute atomic E-state index is 5.77. The second-order valence-corrected chi connectivity index (χ2v) is 4.85. The molecule has 3 rings (SSSR count). The van der Waals surface area contributed by atoms with E-state index in [2.05, 4.69) is 0 Å². The molecular weight excluding hydrogens is 242 g/mol. The number of rotatable bonds is 5. The minimum absolute atomic E-state index is 0.250. The van der Waals surface area contributed by atoms with E-state index in [0.717, 1.165) is 41.7 Å². The van der Waals surface area contributed by atoms with Gasteiger partial charge in [-0.2, -0.15) is 0 Å². The molecule has 19 heavy (non-hydrogen) atoms. The van der Waals surface area contributed by atoms with Gasteiger partial charge in [-0.05, 0) is 18.9 Å². The number of hydrogen-bond donors (Lipinski definition) is 1. The predicted octanol–water partition coefficient (Wildman–Crippen LogP) is 2.59. The maximum atomic E-state index is 5.77. The molecule has 1 unspecified atom stereocenters. The van der Waals surface area contributed by atoms with Crippen molar-refractivity contribution < 1.29 is 13.9 Å². The summed E-state index contributed by atoms with van der Waals surface area (Å²) in [6.45, 7) is 2.43. The maximum Gasteiger partial charge on any atom is 0.134 e. The molecule has 2 aromatic rings. The summed E-state index contributed by atoms with van der Waals surface area (Å²) in [5.41, 5.74) is 7.67. The van der Waals surface area contributed by atoms with E-state index in [1.165, 1.54) is 0 Å². The van der Waals surface area contributed by atoms with Gasteiger partial charge < -0.3 is 19.6 Å². The summed E-state index contributed by atoms with van der Waals surface area (Å²) in [7, 11) is 0. The van der Waals surface area contributed by atoms with Crippen LogP contribution in [0.3, 0.4) is 0 Å². The van der Waals surface area contributed by atoms with Crippen molar-refractivity contribution in [3.63, 3.8) is 0 Å². The van der Waals surface area contributed by atoms with E-state index in [1.54, 1.807) is 0 Å². The van der Waals surface area contributed by atoms with E-state index in [1.807, 2.05) is 24.3 Å². The molecular formula is C15H19NO3. The number of fused-ring (bicyclic) bond motifs is 1. The third-order valence-corrected chi connectivity index (χ3v) is 3.54. The SMILES string of the molecule is NCc1oc2ccccc2c1COCC1CCCO1. The van der Waals surface area contributed by atoms with Gasteiger partial charge in [0, 0.05) is 17.6 Å². The molecule has 0 amide bonds. The Hall–Kier alpha value is -1.36. The molecule has 4 heteroatoms. The van der Waals surface area contributed by atoms with Crippen molar-refractivity contribution in [2.45, 2.75) is 32.1 Å². The number of para-hydroxylation sites is 1. The van der Waals surface area contributed by atoms with Crippen LogP contribution in [-0.4, -0.2) is 19.3 Å². The molecule has 1 aliphatic rings. The lowest BCUT2D eigenvalue weighted by atomic mass is 10.1. The van der Waals surface area contributed by atoms with Crippen molar-refractivity contribution in [1.82, 2.24) is 0 Å². The van der Waals surface area contributed by atoms with Crippen LogP contribution in [0.4, 0.5) is 0 Å². The van der Waals surface area contributed by atoms with Gasteiger partial charge in [0.25, 0.3) is 0 Å². The van der Waals surface area contributed by atoms with Crippen LogP contribution in [0, 0.1) is 0 Å². The summed E-state index contributed by atoms with van der Waals surface area (Å²) < 4.78 is 17.0. The highest BCUT2D eigenvalue weighted by atomic mass is 16.5. The zero-order valence-corrected chi connectivity index (χ0v) is 10.9. The summed E-state index contributed by atoms with van der Waals surface area (Å²) in [6.07, 6.45) is 2.48. The van der Waals surface area contributed by atoms with Crippen LogP contribution in [0.2, 0.25) is 0 Å². The summed E-state index contributed by atoms with van der Waals surface area (Å²) in [4.78, 5) is 0. The smallest absolute Gasteiger partial charge is 0.134 e. The van der Waals surface area contributed by atoms with Gasteiger partial charge in [-0.15, -0.1) is 0 Å². The van der Waals surface area contributed by atoms with E-state index < -0.39 is 0 Å². The summed E-state index contributed by atoms with van der Waals surface area (Å²) in [5.74, 6) is 0.813. The lowest BCUT2D eigenvalue weighted by Gasteiger charge is -2.10. The van der Waals surface area contributed by atoms with Crippen LogP contribution in [0.1, 0.15) is 24.2 Å². The molecule has 1 fully saturated rings. The van der Waals surface area contributed by atoms with Gasteiger partial charge in [-0.25, -0.2) is 0 Å². The Morgan fingerprint density at radius 2 is 2.21 bits per heavy atom. The van der Waals surface area contributed by atoms with Crippen LogP contribution in [-0.2, 0) is 22.6 Å². The van der Waals surface area contributed by atoms with Gasteiger partial charge in [0.1, 0.15) is 11.3 Å². The van der Waals surface area contributed by atoms with Crippen molar-refractivity contribution in [3.8, 4) is 0 Å². The third-order valence-electron chi connectivity index (χ3n) is 3.54. The molecule has 0 saturated carbocycles. The first-order valence-electron chi connectivity index (χ1n) is 6.77. The fourth-order valence-electron chi connectivity index (χ4n) is 2.54. The van der Waals surface area contributed by atoms with Crippen LogP contribution in [0.5, 0.6) is 0 Å². The Labute approximate surface area is 112 Å².